The van der Waals surface area contributed by atoms with E-state index in [9.17, 15) is 4.79 Å². The van der Waals surface area contributed by atoms with E-state index in [1.54, 1.807) is 12.3 Å². The molecule has 1 saturated carbocycles. The Labute approximate surface area is 149 Å². The van der Waals surface area contributed by atoms with Crippen LogP contribution in [0.2, 0.25) is 0 Å². The van der Waals surface area contributed by atoms with Gasteiger partial charge in [-0.1, -0.05) is 17.4 Å². The molecule has 5 N–H and O–H groups in total. The van der Waals surface area contributed by atoms with Gasteiger partial charge in [-0.3, -0.25) is 9.80 Å². The first kappa shape index (κ1) is 16.2. The zero-order valence-corrected chi connectivity index (χ0v) is 14.0. The molecule has 1 atom stereocenters. The van der Waals surface area contributed by atoms with Crippen molar-refractivity contribution in [2.45, 2.75) is 19.0 Å². The van der Waals surface area contributed by atoms with E-state index < -0.39 is 0 Å². The topological polar surface area (TPSA) is 122 Å². The van der Waals surface area contributed by atoms with Crippen molar-refractivity contribution in [3.8, 4) is 11.1 Å². The van der Waals surface area contributed by atoms with Crippen LogP contribution in [-0.4, -0.2) is 22.1 Å². The SMILES string of the molecule is NN=Nc1ccc(-c2ccc3c(c2)=CNC(N(N)C(=O)C2CC2)C=3)cn1. The Morgan fingerprint density at radius 1 is 1.19 bits per heavy atom. The molecule has 1 aliphatic carbocycles. The Morgan fingerprint density at radius 3 is 2.69 bits per heavy atom. The van der Waals surface area contributed by atoms with E-state index >= 15 is 0 Å². The zero-order valence-electron chi connectivity index (χ0n) is 14.0. The Balaban J connectivity index is 1.60. The number of rotatable bonds is 4. The van der Waals surface area contributed by atoms with Crippen molar-refractivity contribution in [1.29, 1.82) is 0 Å². The van der Waals surface area contributed by atoms with Gasteiger partial charge in [0, 0.05) is 23.9 Å². The molecule has 132 valence electrons. The van der Waals surface area contributed by atoms with Crippen molar-refractivity contribution in [3.05, 3.63) is 47.0 Å². The number of hydrogen-bond donors (Lipinski definition) is 3. The summed E-state index contributed by atoms with van der Waals surface area (Å²) in [4.78, 5) is 16.3. The number of aromatic nitrogens is 1. The predicted molar refractivity (Wildman–Crippen MR) is 97.2 cm³/mol. The maximum Gasteiger partial charge on any atom is 0.241 e. The summed E-state index contributed by atoms with van der Waals surface area (Å²) in [5, 5.41) is 13.4. The van der Waals surface area contributed by atoms with Gasteiger partial charge in [-0.25, -0.2) is 10.8 Å². The second-order valence-electron chi connectivity index (χ2n) is 6.41. The first-order valence-corrected chi connectivity index (χ1v) is 8.39. The number of benzene rings is 1. The maximum absolute atomic E-state index is 12.1. The quantitative estimate of drug-likeness (QED) is 0.316. The van der Waals surface area contributed by atoms with Gasteiger partial charge in [0.05, 0.1) is 0 Å². The van der Waals surface area contributed by atoms with Gasteiger partial charge in [-0.05, 0) is 53.1 Å². The fraction of sp³-hybridized carbons (Fsp3) is 0.222. The minimum absolute atomic E-state index is 0.00647. The van der Waals surface area contributed by atoms with Crippen LogP contribution in [0.25, 0.3) is 23.4 Å². The monoisotopic (exact) mass is 349 g/mol. The molecule has 1 aromatic carbocycles. The molecule has 1 aromatic heterocycles. The molecule has 8 heteroatoms. The molecule has 2 heterocycles. The molecule has 2 aromatic rings. The molecule has 26 heavy (non-hydrogen) atoms. The number of nitrogens with zero attached hydrogens (tertiary/aromatic N) is 4. The van der Waals surface area contributed by atoms with Gasteiger partial charge in [0.1, 0.15) is 6.17 Å². The first-order chi connectivity index (χ1) is 12.7. The highest BCUT2D eigenvalue weighted by Crippen LogP contribution is 2.30. The van der Waals surface area contributed by atoms with Crippen molar-refractivity contribution >= 4 is 24.0 Å². The highest BCUT2D eigenvalue weighted by atomic mass is 16.2. The van der Waals surface area contributed by atoms with Crippen molar-refractivity contribution in [1.82, 2.24) is 15.3 Å². The molecule has 0 bridgehead atoms. The molecule has 1 unspecified atom stereocenters. The molecule has 8 nitrogen and oxygen atoms in total. The molecule has 4 rings (SSSR count). The fourth-order valence-electron chi connectivity index (χ4n) is 2.94. The lowest BCUT2D eigenvalue weighted by Crippen LogP contribution is -2.54. The standard InChI is InChI=1S/C18H19N7O/c19-24-23-16-6-5-14(9-21-16)12-3-4-13-8-17(22-10-15(13)7-12)25(20)18(26)11-1-2-11/h3-11,17,22H,1-2,20H2,(H2,19,21,23). The molecule has 1 aliphatic heterocycles. The Kier molecular flexibility index (Phi) is 4.10. The fourth-order valence-corrected chi connectivity index (χ4v) is 2.94. The van der Waals surface area contributed by atoms with E-state index in [-0.39, 0.29) is 18.0 Å². The normalized spacial score (nSPS) is 18.4. The van der Waals surface area contributed by atoms with Gasteiger partial charge >= 0.3 is 0 Å². The van der Waals surface area contributed by atoms with Crippen LogP contribution in [0.4, 0.5) is 5.82 Å². The second-order valence-corrected chi connectivity index (χ2v) is 6.41. The number of carbonyl (C=O) groups is 1. The number of nitrogens with two attached hydrogens (primary N) is 2. The summed E-state index contributed by atoms with van der Waals surface area (Å²) >= 11 is 0. The summed E-state index contributed by atoms with van der Waals surface area (Å²) in [6, 6.07) is 9.75. The molecule has 0 saturated heterocycles. The van der Waals surface area contributed by atoms with Crippen molar-refractivity contribution < 1.29 is 4.79 Å². The molecular weight excluding hydrogens is 330 g/mol. The summed E-state index contributed by atoms with van der Waals surface area (Å²) < 4.78 is 0. The summed E-state index contributed by atoms with van der Waals surface area (Å²) in [7, 11) is 0. The minimum Gasteiger partial charge on any atom is -0.366 e. The van der Waals surface area contributed by atoms with Crippen molar-refractivity contribution in [3.63, 3.8) is 0 Å². The average molecular weight is 349 g/mol. The third kappa shape index (κ3) is 3.14. The summed E-state index contributed by atoms with van der Waals surface area (Å²) in [5.41, 5.74) is 1.99. The number of nitrogens with one attached hydrogen (secondary N) is 1. The van der Waals surface area contributed by atoms with E-state index in [1.807, 2.05) is 30.5 Å². The number of pyridine rings is 1. The Morgan fingerprint density at radius 2 is 2.00 bits per heavy atom. The van der Waals surface area contributed by atoms with E-state index in [2.05, 4.69) is 26.7 Å². The van der Waals surface area contributed by atoms with Gasteiger partial charge in [0.2, 0.25) is 5.91 Å². The second kappa shape index (κ2) is 6.57. The number of amides is 1. The van der Waals surface area contributed by atoms with Crippen LogP contribution in [-0.2, 0) is 4.79 Å². The Hall–Kier alpha value is -3.26. The van der Waals surface area contributed by atoms with Gasteiger partial charge in [0.15, 0.2) is 5.82 Å². The van der Waals surface area contributed by atoms with Gasteiger partial charge < -0.3 is 11.2 Å². The predicted octanol–water partition coefficient (Wildman–Crippen LogP) is 0.266. The number of fused-ring (bicyclic) bond motifs is 1. The summed E-state index contributed by atoms with van der Waals surface area (Å²) in [6.45, 7) is 0. The van der Waals surface area contributed by atoms with E-state index in [1.165, 1.54) is 5.01 Å². The first-order valence-electron chi connectivity index (χ1n) is 8.39. The molecular formula is C18H19N7O. The van der Waals surface area contributed by atoms with Crippen LogP contribution >= 0.6 is 0 Å². The van der Waals surface area contributed by atoms with Gasteiger partial charge in [-0.2, -0.15) is 0 Å². The molecule has 1 amide bonds. The lowest BCUT2D eigenvalue weighted by Gasteiger charge is -2.27. The van der Waals surface area contributed by atoms with Crippen LogP contribution in [0.5, 0.6) is 0 Å². The van der Waals surface area contributed by atoms with Crippen LogP contribution < -0.4 is 27.4 Å². The lowest BCUT2D eigenvalue weighted by atomic mass is 10.0. The number of hydrogen-bond acceptors (Lipinski definition) is 6. The van der Waals surface area contributed by atoms with E-state index in [0.29, 0.717) is 5.82 Å². The van der Waals surface area contributed by atoms with Crippen LogP contribution in [0.1, 0.15) is 12.8 Å². The van der Waals surface area contributed by atoms with Crippen LogP contribution in [0.3, 0.4) is 0 Å². The Bertz CT molecular complexity index is 980. The largest absolute Gasteiger partial charge is 0.366 e. The highest BCUT2D eigenvalue weighted by Gasteiger charge is 2.34. The molecule has 2 aliphatic rings. The third-order valence-electron chi connectivity index (χ3n) is 4.56. The minimum atomic E-state index is -0.330. The van der Waals surface area contributed by atoms with E-state index in [4.69, 9.17) is 11.7 Å². The van der Waals surface area contributed by atoms with Crippen molar-refractivity contribution in [2.24, 2.45) is 27.9 Å². The summed E-state index contributed by atoms with van der Waals surface area (Å²) in [5.74, 6) is 11.6. The molecule has 1 fully saturated rings. The molecule has 0 radical (unpaired) electrons. The average Bonchev–Trinajstić information content (AvgIpc) is 3.52. The zero-order chi connectivity index (χ0) is 18.1. The maximum atomic E-state index is 12.1. The third-order valence-corrected chi connectivity index (χ3v) is 4.56. The van der Waals surface area contributed by atoms with Crippen LogP contribution in [0, 0.1) is 5.92 Å². The van der Waals surface area contributed by atoms with Gasteiger partial charge in [0.25, 0.3) is 0 Å². The number of hydrazine groups is 1. The molecule has 0 spiro atoms. The van der Waals surface area contributed by atoms with Gasteiger partial charge in [-0.15, -0.1) is 5.11 Å². The van der Waals surface area contributed by atoms with Crippen molar-refractivity contribution in [2.75, 3.05) is 0 Å². The lowest BCUT2D eigenvalue weighted by molar-refractivity contribution is -0.134. The smallest absolute Gasteiger partial charge is 0.241 e. The van der Waals surface area contributed by atoms with E-state index in [0.717, 1.165) is 34.4 Å². The van der Waals surface area contributed by atoms with Crippen LogP contribution in [0.15, 0.2) is 46.9 Å². The number of carbonyl (C=O) groups excluding carboxylic acids is 1. The summed E-state index contributed by atoms with van der Waals surface area (Å²) in [6.07, 6.45) is 7.11. The highest BCUT2D eigenvalue weighted by molar-refractivity contribution is 5.81.